The highest BCUT2D eigenvalue weighted by Crippen LogP contribution is 2.22. The summed E-state index contributed by atoms with van der Waals surface area (Å²) in [5.41, 5.74) is -0.125. The Labute approximate surface area is 212 Å². The van der Waals surface area contributed by atoms with Gasteiger partial charge in [-0.15, -0.1) is 0 Å². The van der Waals surface area contributed by atoms with E-state index in [1.807, 2.05) is 6.21 Å². The fourth-order valence-corrected chi connectivity index (χ4v) is 4.16. The van der Waals surface area contributed by atoms with Crippen molar-refractivity contribution in [2.24, 2.45) is 16.3 Å². The van der Waals surface area contributed by atoms with Gasteiger partial charge in [0.05, 0.1) is 6.61 Å². The van der Waals surface area contributed by atoms with Crippen LogP contribution in [0.15, 0.2) is 4.99 Å². The molecule has 0 aromatic heterocycles. The van der Waals surface area contributed by atoms with Gasteiger partial charge in [0.15, 0.2) is 0 Å². The van der Waals surface area contributed by atoms with E-state index >= 15 is 0 Å². The van der Waals surface area contributed by atoms with E-state index in [-0.39, 0.29) is 11.4 Å². The number of hydrogen-bond acceptors (Lipinski definition) is 4. The Hall–Kier alpha value is -1.19. The number of hydrogen-bond donors (Lipinski definition) is 0. The lowest BCUT2D eigenvalue weighted by molar-refractivity contribution is -0.146. The summed E-state index contributed by atoms with van der Waals surface area (Å²) >= 11 is 0. The molecule has 0 aromatic carbocycles. The highest BCUT2D eigenvalue weighted by atomic mass is 16.5. The van der Waals surface area contributed by atoms with Gasteiger partial charge >= 0.3 is 5.97 Å². The van der Waals surface area contributed by atoms with Gasteiger partial charge in [-0.2, -0.15) is 0 Å². The first-order chi connectivity index (χ1) is 16.3. The molecule has 0 radical (unpaired) electrons. The van der Waals surface area contributed by atoms with Gasteiger partial charge in [0.2, 0.25) is 0 Å². The van der Waals surface area contributed by atoms with Crippen LogP contribution in [0.4, 0.5) is 0 Å². The molecule has 0 fully saturated rings. The molecule has 0 saturated carbocycles. The number of ketones is 1. The zero-order chi connectivity index (χ0) is 25.7. The van der Waals surface area contributed by atoms with Crippen LogP contribution in [0.3, 0.4) is 0 Å². The third-order valence-corrected chi connectivity index (χ3v) is 6.83. The van der Waals surface area contributed by atoms with Crippen LogP contribution >= 0.6 is 0 Å². The van der Waals surface area contributed by atoms with E-state index in [0.29, 0.717) is 24.7 Å². The number of ether oxygens (including phenoxy) is 1. The number of rotatable bonds is 23. The van der Waals surface area contributed by atoms with E-state index in [9.17, 15) is 9.59 Å². The van der Waals surface area contributed by atoms with Gasteiger partial charge < -0.3 is 4.74 Å². The fraction of sp³-hybridized carbons (Fsp3) is 0.900. The summed E-state index contributed by atoms with van der Waals surface area (Å²) in [7, 11) is 0. The Bertz CT molecular complexity index is 541. The molecule has 200 valence electrons. The molecular weight excluding hydrogens is 422 g/mol. The third-order valence-electron chi connectivity index (χ3n) is 6.83. The van der Waals surface area contributed by atoms with Crippen molar-refractivity contribution in [1.29, 1.82) is 0 Å². The molecule has 1 unspecified atom stereocenters. The second-order valence-electron chi connectivity index (χ2n) is 11.0. The minimum absolute atomic E-state index is 0.125. The number of carbonyl (C=O) groups excluding carboxylic acids is 2. The maximum atomic E-state index is 12.3. The van der Waals surface area contributed by atoms with Gasteiger partial charge in [-0.1, -0.05) is 105 Å². The smallest absolute Gasteiger partial charge is 0.330 e. The monoisotopic (exact) mass is 479 g/mol. The Kier molecular flexibility index (Phi) is 20.4. The van der Waals surface area contributed by atoms with Crippen molar-refractivity contribution in [3.63, 3.8) is 0 Å². The van der Waals surface area contributed by atoms with Gasteiger partial charge in [0.1, 0.15) is 11.8 Å². The highest BCUT2D eigenvalue weighted by Gasteiger charge is 2.19. The number of unbranched alkanes of at least 4 members (excludes halogenated alkanes) is 9. The second-order valence-corrected chi connectivity index (χ2v) is 11.0. The number of esters is 1. The first-order valence-corrected chi connectivity index (χ1v) is 14.5. The van der Waals surface area contributed by atoms with Crippen LogP contribution in [0.2, 0.25) is 0 Å². The molecule has 0 rings (SSSR count). The molecule has 0 aliphatic heterocycles. The van der Waals surface area contributed by atoms with E-state index in [4.69, 9.17) is 4.74 Å². The van der Waals surface area contributed by atoms with E-state index in [2.05, 4.69) is 39.6 Å². The summed E-state index contributed by atoms with van der Waals surface area (Å²) in [6.07, 6.45) is 21.1. The van der Waals surface area contributed by atoms with Gasteiger partial charge in [0, 0.05) is 19.1 Å². The Morgan fingerprint density at radius 1 is 0.824 bits per heavy atom. The quantitative estimate of drug-likeness (QED) is 0.0835. The van der Waals surface area contributed by atoms with Crippen LogP contribution in [0.1, 0.15) is 151 Å². The first-order valence-electron chi connectivity index (χ1n) is 14.5. The minimum Gasteiger partial charge on any atom is -0.464 e. The summed E-state index contributed by atoms with van der Waals surface area (Å²) in [5.74, 6) is 0.601. The van der Waals surface area contributed by atoms with Gasteiger partial charge in [-0.3, -0.25) is 9.79 Å². The number of Topliss-reactive ketones (excluding diaryl/α,β-unsaturated/α-hetero) is 1. The van der Waals surface area contributed by atoms with Crippen molar-refractivity contribution in [2.45, 2.75) is 157 Å². The average Bonchev–Trinajstić information content (AvgIpc) is 2.81. The standard InChI is InChI=1S/C30H57NO3/c1-7-10-12-13-14-15-16-17-18-21-28(32)22-19-23-30(5,6)25-31-26(4)29(33)34-24-27(9-3)20-11-8-2/h25-27H,7-24H2,1-6H3/b31-25+/t26-,27?/m0/s1. The largest absolute Gasteiger partial charge is 0.464 e. The van der Waals surface area contributed by atoms with Crippen molar-refractivity contribution in [1.82, 2.24) is 0 Å². The minimum atomic E-state index is -0.476. The van der Waals surface area contributed by atoms with Crippen LogP contribution < -0.4 is 0 Å². The van der Waals surface area contributed by atoms with Gasteiger partial charge in [0.25, 0.3) is 0 Å². The predicted octanol–water partition coefficient (Wildman–Crippen LogP) is 8.89. The zero-order valence-electron chi connectivity index (χ0n) is 23.6. The molecule has 0 spiro atoms. The normalized spacial score (nSPS) is 13.8. The zero-order valence-corrected chi connectivity index (χ0v) is 23.6. The van der Waals surface area contributed by atoms with Crippen molar-refractivity contribution < 1.29 is 14.3 Å². The van der Waals surface area contributed by atoms with Gasteiger partial charge in [-0.25, -0.2) is 4.79 Å². The lowest BCUT2D eigenvalue weighted by Gasteiger charge is -2.20. The topological polar surface area (TPSA) is 55.7 Å². The average molecular weight is 480 g/mol. The molecule has 0 heterocycles. The summed E-state index contributed by atoms with van der Waals surface area (Å²) in [5, 5.41) is 0. The summed E-state index contributed by atoms with van der Waals surface area (Å²) < 4.78 is 5.52. The highest BCUT2D eigenvalue weighted by molar-refractivity contribution is 5.79. The predicted molar refractivity (Wildman–Crippen MR) is 147 cm³/mol. The molecule has 0 amide bonds. The van der Waals surface area contributed by atoms with Crippen LogP contribution in [0.5, 0.6) is 0 Å². The number of nitrogens with zero attached hydrogens (tertiary/aromatic N) is 1. The van der Waals surface area contributed by atoms with Crippen molar-refractivity contribution in [3.8, 4) is 0 Å². The maximum absolute atomic E-state index is 12.3. The molecule has 2 atom stereocenters. The van der Waals surface area contributed by atoms with Crippen molar-refractivity contribution >= 4 is 18.0 Å². The molecule has 0 bridgehead atoms. The number of aliphatic imine (C=N–C) groups is 1. The molecule has 0 saturated heterocycles. The molecule has 4 heteroatoms. The summed E-state index contributed by atoms with van der Waals surface area (Å²) in [4.78, 5) is 29.0. The maximum Gasteiger partial charge on any atom is 0.330 e. The molecule has 34 heavy (non-hydrogen) atoms. The van der Waals surface area contributed by atoms with E-state index < -0.39 is 6.04 Å². The molecule has 4 nitrogen and oxygen atoms in total. The van der Waals surface area contributed by atoms with Crippen LogP contribution in [0.25, 0.3) is 0 Å². The van der Waals surface area contributed by atoms with E-state index in [0.717, 1.165) is 38.5 Å². The van der Waals surface area contributed by atoms with Crippen molar-refractivity contribution in [3.05, 3.63) is 0 Å². The lowest BCUT2D eigenvalue weighted by atomic mass is 9.88. The molecule has 0 N–H and O–H groups in total. The first kappa shape index (κ1) is 32.8. The van der Waals surface area contributed by atoms with E-state index in [1.165, 1.54) is 64.2 Å². The van der Waals surface area contributed by atoms with Crippen molar-refractivity contribution in [2.75, 3.05) is 6.61 Å². The Morgan fingerprint density at radius 3 is 1.97 bits per heavy atom. The second kappa shape index (κ2) is 21.1. The molecular formula is C30H57NO3. The molecule has 0 aliphatic rings. The SMILES string of the molecule is CCCCCCCCCCCC(=O)CCCC(C)(C)/C=N/[C@@H](C)C(=O)OCC(CC)CCCC. The number of carbonyl (C=O) groups is 2. The molecule has 0 aliphatic carbocycles. The summed E-state index contributed by atoms with van der Waals surface area (Å²) in [6, 6.07) is -0.476. The van der Waals surface area contributed by atoms with Gasteiger partial charge in [-0.05, 0) is 43.9 Å². The van der Waals surface area contributed by atoms with Crippen LogP contribution in [-0.4, -0.2) is 30.6 Å². The Balaban J connectivity index is 4.01. The third kappa shape index (κ3) is 19.2. The molecule has 0 aromatic rings. The van der Waals surface area contributed by atoms with E-state index in [1.54, 1.807) is 6.92 Å². The lowest BCUT2D eigenvalue weighted by Crippen LogP contribution is -2.23. The fourth-order valence-electron chi connectivity index (χ4n) is 4.16. The Morgan fingerprint density at radius 2 is 1.38 bits per heavy atom. The van der Waals surface area contributed by atoms with Crippen LogP contribution in [-0.2, 0) is 14.3 Å². The van der Waals surface area contributed by atoms with Crippen LogP contribution in [0, 0.1) is 11.3 Å². The summed E-state index contributed by atoms with van der Waals surface area (Å²) in [6.45, 7) is 13.1.